The Morgan fingerprint density at radius 1 is 1.62 bits per heavy atom. The predicted molar refractivity (Wildman–Crippen MR) is 57.0 cm³/mol. The average molecular weight is 199 g/mol. The fraction of sp³-hybridized carbons (Fsp3) is 0.667. The molecule has 1 N–H and O–H groups in total. The van der Waals surface area contributed by atoms with E-state index in [2.05, 4.69) is 36.2 Å². The highest BCUT2D eigenvalue weighted by Gasteiger charge is 2.07. The molecular weight excluding hydrogens is 182 g/mol. The molecule has 0 fully saturated rings. The smallest absolute Gasteiger partial charge is 0.107 e. The summed E-state index contributed by atoms with van der Waals surface area (Å²) in [4.78, 5) is 7.80. The SMILES string of the molecule is CNC(C)c1cnc(CN(C)C)s1. The largest absolute Gasteiger partial charge is 0.312 e. The molecule has 0 aliphatic carbocycles. The molecule has 1 aromatic rings. The molecule has 0 aliphatic rings. The number of hydrogen-bond acceptors (Lipinski definition) is 4. The number of hydrogen-bond donors (Lipinski definition) is 1. The fourth-order valence-electron chi connectivity index (χ4n) is 1.01. The Labute approximate surface area is 83.8 Å². The zero-order chi connectivity index (χ0) is 9.84. The van der Waals surface area contributed by atoms with Crippen molar-refractivity contribution in [3.05, 3.63) is 16.1 Å². The third-order valence-electron chi connectivity index (χ3n) is 1.88. The van der Waals surface area contributed by atoms with Crippen LogP contribution in [0.25, 0.3) is 0 Å². The van der Waals surface area contributed by atoms with Gasteiger partial charge in [-0.3, -0.25) is 0 Å². The molecular formula is C9H17N3S. The Kier molecular flexibility index (Phi) is 3.84. The Morgan fingerprint density at radius 3 is 2.85 bits per heavy atom. The lowest BCUT2D eigenvalue weighted by Gasteiger charge is -2.06. The molecule has 4 heteroatoms. The molecule has 0 saturated heterocycles. The van der Waals surface area contributed by atoms with Crippen LogP contribution in [0.4, 0.5) is 0 Å². The molecule has 13 heavy (non-hydrogen) atoms. The van der Waals surface area contributed by atoms with Crippen LogP contribution in [0.3, 0.4) is 0 Å². The number of thiazole rings is 1. The van der Waals surface area contributed by atoms with Crippen LogP contribution in [-0.4, -0.2) is 31.0 Å². The first kappa shape index (κ1) is 10.6. The van der Waals surface area contributed by atoms with Crippen LogP contribution >= 0.6 is 11.3 Å². The van der Waals surface area contributed by atoms with Gasteiger partial charge >= 0.3 is 0 Å². The Morgan fingerprint density at radius 2 is 2.31 bits per heavy atom. The van der Waals surface area contributed by atoms with Gasteiger partial charge in [-0.2, -0.15) is 0 Å². The van der Waals surface area contributed by atoms with Crippen LogP contribution in [0.1, 0.15) is 22.9 Å². The highest BCUT2D eigenvalue weighted by Crippen LogP contribution is 2.20. The van der Waals surface area contributed by atoms with Gasteiger partial charge in [0.2, 0.25) is 0 Å². The van der Waals surface area contributed by atoms with Crippen molar-refractivity contribution in [3.63, 3.8) is 0 Å². The van der Waals surface area contributed by atoms with Crippen molar-refractivity contribution in [2.24, 2.45) is 0 Å². The van der Waals surface area contributed by atoms with E-state index >= 15 is 0 Å². The topological polar surface area (TPSA) is 28.2 Å². The maximum absolute atomic E-state index is 4.36. The van der Waals surface area contributed by atoms with Gasteiger partial charge < -0.3 is 10.2 Å². The van der Waals surface area contributed by atoms with Crippen molar-refractivity contribution < 1.29 is 0 Å². The van der Waals surface area contributed by atoms with Gasteiger partial charge in [0.05, 0.1) is 0 Å². The van der Waals surface area contributed by atoms with E-state index in [0.717, 1.165) is 6.54 Å². The summed E-state index contributed by atoms with van der Waals surface area (Å²) in [6, 6.07) is 0.411. The zero-order valence-corrected chi connectivity index (χ0v) is 9.48. The van der Waals surface area contributed by atoms with Gasteiger partial charge in [-0.25, -0.2) is 4.98 Å². The lowest BCUT2D eigenvalue weighted by Crippen LogP contribution is -2.10. The first-order chi connectivity index (χ1) is 6.13. The van der Waals surface area contributed by atoms with E-state index in [0.29, 0.717) is 6.04 Å². The zero-order valence-electron chi connectivity index (χ0n) is 8.66. The van der Waals surface area contributed by atoms with E-state index in [1.807, 2.05) is 13.2 Å². The molecule has 1 heterocycles. The lowest BCUT2D eigenvalue weighted by atomic mass is 10.3. The van der Waals surface area contributed by atoms with Crippen LogP contribution < -0.4 is 5.32 Å². The number of rotatable bonds is 4. The maximum atomic E-state index is 4.36. The minimum atomic E-state index is 0.411. The van der Waals surface area contributed by atoms with E-state index in [1.165, 1.54) is 9.88 Å². The summed E-state index contributed by atoms with van der Waals surface area (Å²) < 4.78 is 0. The molecule has 0 saturated carbocycles. The molecule has 0 spiro atoms. The standard InChI is InChI=1S/C9H17N3S/c1-7(10-2)8-5-11-9(13-8)6-12(3)4/h5,7,10H,6H2,1-4H3. The number of nitrogens with one attached hydrogen (secondary N) is 1. The minimum Gasteiger partial charge on any atom is -0.312 e. The molecule has 0 aromatic carbocycles. The second-order valence-corrected chi connectivity index (χ2v) is 4.55. The summed E-state index contributed by atoms with van der Waals surface area (Å²) in [6.07, 6.45) is 1.96. The van der Waals surface area contributed by atoms with Crippen LogP contribution in [0.5, 0.6) is 0 Å². The first-order valence-corrected chi connectivity index (χ1v) is 5.21. The summed E-state index contributed by atoms with van der Waals surface area (Å²) in [7, 11) is 6.08. The average Bonchev–Trinajstić information content (AvgIpc) is 2.50. The van der Waals surface area contributed by atoms with Crippen LogP contribution in [0.2, 0.25) is 0 Å². The molecule has 74 valence electrons. The molecule has 3 nitrogen and oxygen atoms in total. The van der Waals surface area contributed by atoms with Gasteiger partial charge in [0, 0.05) is 23.7 Å². The second kappa shape index (κ2) is 4.69. The minimum absolute atomic E-state index is 0.411. The van der Waals surface area contributed by atoms with Gasteiger partial charge in [-0.1, -0.05) is 0 Å². The van der Waals surface area contributed by atoms with Gasteiger partial charge in [-0.05, 0) is 28.1 Å². The Hall–Kier alpha value is -0.450. The molecule has 1 rings (SSSR count). The van der Waals surface area contributed by atoms with Crippen molar-refractivity contribution >= 4 is 11.3 Å². The van der Waals surface area contributed by atoms with E-state index in [1.54, 1.807) is 11.3 Å². The highest BCUT2D eigenvalue weighted by molar-refractivity contribution is 7.11. The summed E-state index contributed by atoms with van der Waals surface area (Å²) in [5.41, 5.74) is 0. The van der Waals surface area contributed by atoms with Gasteiger partial charge in [0.25, 0.3) is 0 Å². The van der Waals surface area contributed by atoms with Gasteiger partial charge in [-0.15, -0.1) is 11.3 Å². The number of nitrogens with zero attached hydrogens (tertiary/aromatic N) is 2. The van der Waals surface area contributed by atoms with Crippen molar-refractivity contribution in [2.45, 2.75) is 19.5 Å². The maximum Gasteiger partial charge on any atom is 0.107 e. The normalized spacial score (nSPS) is 13.6. The highest BCUT2D eigenvalue weighted by atomic mass is 32.1. The van der Waals surface area contributed by atoms with E-state index < -0.39 is 0 Å². The fourth-order valence-corrected chi connectivity index (χ4v) is 2.11. The first-order valence-electron chi connectivity index (χ1n) is 4.40. The number of aromatic nitrogens is 1. The molecule has 0 radical (unpaired) electrons. The van der Waals surface area contributed by atoms with Crippen LogP contribution in [-0.2, 0) is 6.54 Å². The monoisotopic (exact) mass is 199 g/mol. The Balaban J connectivity index is 2.63. The molecule has 0 bridgehead atoms. The predicted octanol–water partition coefficient (Wildman–Crippen LogP) is 1.49. The summed E-state index contributed by atoms with van der Waals surface area (Å²) in [6.45, 7) is 3.08. The lowest BCUT2D eigenvalue weighted by molar-refractivity contribution is 0.401. The third kappa shape index (κ3) is 3.06. The van der Waals surface area contributed by atoms with E-state index in [9.17, 15) is 0 Å². The quantitative estimate of drug-likeness (QED) is 0.796. The summed E-state index contributed by atoms with van der Waals surface area (Å²) in [5, 5.41) is 4.39. The summed E-state index contributed by atoms with van der Waals surface area (Å²) in [5.74, 6) is 0. The van der Waals surface area contributed by atoms with E-state index in [4.69, 9.17) is 0 Å². The third-order valence-corrected chi connectivity index (χ3v) is 3.05. The van der Waals surface area contributed by atoms with Crippen LogP contribution in [0.15, 0.2) is 6.20 Å². The van der Waals surface area contributed by atoms with Gasteiger partial charge in [0.15, 0.2) is 0 Å². The molecule has 1 unspecified atom stereocenters. The molecule has 0 aliphatic heterocycles. The second-order valence-electron chi connectivity index (χ2n) is 3.40. The van der Waals surface area contributed by atoms with Crippen molar-refractivity contribution in [1.82, 2.24) is 15.2 Å². The van der Waals surface area contributed by atoms with Crippen molar-refractivity contribution in [1.29, 1.82) is 0 Å². The summed E-state index contributed by atoms with van der Waals surface area (Å²) >= 11 is 1.78. The molecule has 1 atom stereocenters. The molecule has 1 aromatic heterocycles. The van der Waals surface area contributed by atoms with Crippen molar-refractivity contribution in [3.8, 4) is 0 Å². The van der Waals surface area contributed by atoms with Crippen molar-refractivity contribution in [2.75, 3.05) is 21.1 Å². The van der Waals surface area contributed by atoms with Crippen LogP contribution in [0, 0.1) is 0 Å². The van der Waals surface area contributed by atoms with Gasteiger partial charge in [0.1, 0.15) is 5.01 Å². The Bertz CT molecular complexity index is 257. The molecule has 0 amide bonds. The van der Waals surface area contributed by atoms with E-state index in [-0.39, 0.29) is 0 Å².